The zero-order chi connectivity index (χ0) is 42.1. The molecule has 0 aromatic heterocycles. The van der Waals surface area contributed by atoms with Gasteiger partial charge in [-0.05, 0) is 82.6 Å². The maximum atomic E-state index is 13.9. The Labute approximate surface area is 349 Å². The highest BCUT2D eigenvalue weighted by Gasteiger charge is 2.42. The van der Waals surface area contributed by atoms with Crippen molar-refractivity contribution in [1.82, 2.24) is 0 Å². The van der Waals surface area contributed by atoms with Gasteiger partial charge in [0.25, 0.3) is 5.91 Å². The SMILES string of the molecule is C=CC(=O)OCCCOC(=O)C1CCC(C(=O)OC2CCC(C(=O)Oc3ccc(OC(C)=O)c4c3SC(=C3C(=O)N(c5ccccc5)N=C3C(=O)OCC)S4)CC2)CC1. The van der Waals surface area contributed by atoms with Crippen LogP contribution in [0.2, 0.25) is 0 Å². The molecule has 0 bridgehead atoms. The first-order valence-electron chi connectivity index (χ1n) is 19.5. The molecule has 2 fully saturated rings. The summed E-state index contributed by atoms with van der Waals surface area (Å²) in [6.07, 6.45) is 4.90. The fourth-order valence-electron chi connectivity index (χ4n) is 7.03. The van der Waals surface area contributed by atoms with Crippen LogP contribution in [0, 0.1) is 17.8 Å². The maximum absolute atomic E-state index is 13.9. The van der Waals surface area contributed by atoms with Crippen LogP contribution in [0.1, 0.15) is 71.6 Å². The van der Waals surface area contributed by atoms with Crippen LogP contribution in [0.4, 0.5) is 5.69 Å². The largest absolute Gasteiger partial charge is 0.465 e. The standard InChI is InChI=1S/C42H44N2O13S2/c1-4-32(46)53-22-9-23-54-38(48)25-12-14-26(15-13-25)39(49)56-29-18-16-27(17-19-29)40(50)57-31-21-20-30(55-24(3)45)35-36(31)59-42(58-35)33-34(41(51)52-5-2)43-44(37(33)47)28-10-7-6-8-11-28/h4,6-8,10-11,20-21,25-27,29H,1,5,9,12-19,22-23H2,2-3H3. The van der Waals surface area contributed by atoms with E-state index in [1.54, 1.807) is 37.3 Å². The summed E-state index contributed by atoms with van der Waals surface area (Å²) in [5.41, 5.74) is 0.271. The lowest BCUT2D eigenvalue weighted by Gasteiger charge is -2.30. The molecule has 0 N–H and O–H groups in total. The zero-order valence-electron chi connectivity index (χ0n) is 32.6. The summed E-state index contributed by atoms with van der Waals surface area (Å²) < 4.78 is 33.1. The van der Waals surface area contributed by atoms with Gasteiger partial charge in [0.2, 0.25) is 0 Å². The first-order valence-corrected chi connectivity index (χ1v) is 21.1. The van der Waals surface area contributed by atoms with Gasteiger partial charge in [-0.1, -0.05) is 48.3 Å². The van der Waals surface area contributed by atoms with E-state index in [-0.39, 0.29) is 72.5 Å². The lowest BCUT2D eigenvalue weighted by molar-refractivity contribution is -0.161. The Hall–Kier alpha value is -5.42. The molecule has 0 radical (unpaired) electrons. The van der Waals surface area contributed by atoms with Crippen LogP contribution in [0.5, 0.6) is 11.5 Å². The van der Waals surface area contributed by atoms with E-state index in [4.69, 9.17) is 28.4 Å². The number of carbonyl (C=O) groups excluding carboxylic acids is 7. The highest BCUT2D eigenvalue weighted by Crippen LogP contribution is 2.59. The topological polar surface area (TPSA) is 190 Å². The highest BCUT2D eigenvalue weighted by molar-refractivity contribution is 8.25. The van der Waals surface area contributed by atoms with Crippen molar-refractivity contribution in [2.45, 2.75) is 87.5 Å². The summed E-state index contributed by atoms with van der Waals surface area (Å²) >= 11 is 2.19. The first-order chi connectivity index (χ1) is 28.5. The molecule has 0 atom stereocenters. The van der Waals surface area contributed by atoms with Crippen molar-refractivity contribution in [3.05, 3.63) is 64.9 Å². The van der Waals surface area contributed by atoms with E-state index >= 15 is 0 Å². The number of nitrogens with zero attached hydrogens (tertiary/aromatic N) is 2. The number of hydrogen-bond acceptors (Lipinski definition) is 16. The molecule has 2 aromatic rings. The molecule has 2 heterocycles. The van der Waals surface area contributed by atoms with E-state index < -0.39 is 35.7 Å². The van der Waals surface area contributed by atoms with Gasteiger partial charge in [0.05, 0.1) is 62.9 Å². The number of hydrogen-bond donors (Lipinski definition) is 0. The number of para-hydroxylation sites is 1. The first kappa shape index (κ1) is 43.2. The maximum Gasteiger partial charge on any atom is 0.359 e. The molecule has 312 valence electrons. The highest BCUT2D eigenvalue weighted by atomic mass is 32.2. The van der Waals surface area contributed by atoms with Crippen molar-refractivity contribution < 1.29 is 62.0 Å². The summed E-state index contributed by atoms with van der Waals surface area (Å²) in [7, 11) is 0. The number of hydrazone groups is 1. The van der Waals surface area contributed by atoms with E-state index in [1.807, 2.05) is 0 Å². The fraction of sp³-hybridized carbons (Fsp3) is 0.429. The van der Waals surface area contributed by atoms with Gasteiger partial charge in [-0.2, -0.15) is 10.1 Å². The molecule has 0 saturated heterocycles. The minimum Gasteiger partial charge on any atom is -0.465 e. The Kier molecular flexibility index (Phi) is 14.7. The monoisotopic (exact) mass is 848 g/mol. The molecule has 2 saturated carbocycles. The van der Waals surface area contributed by atoms with Crippen LogP contribution in [0.3, 0.4) is 0 Å². The van der Waals surface area contributed by atoms with Gasteiger partial charge in [0, 0.05) is 19.4 Å². The van der Waals surface area contributed by atoms with E-state index in [0.717, 1.165) is 34.6 Å². The third-order valence-electron chi connectivity index (χ3n) is 10.0. The number of anilines is 1. The average molecular weight is 849 g/mol. The Morgan fingerprint density at radius 2 is 1.34 bits per heavy atom. The van der Waals surface area contributed by atoms with Crippen LogP contribution in [-0.2, 0) is 52.5 Å². The second-order valence-corrected chi connectivity index (χ2v) is 16.4. The van der Waals surface area contributed by atoms with Gasteiger partial charge < -0.3 is 28.4 Å². The molecule has 4 aliphatic rings. The molecule has 2 aliphatic heterocycles. The Morgan fingerprint density at radius 1 is 0.763 bits per heavy atom. The Morgan fingerprint density at radius 3 is 1.95 bits per heavy atom. The lowest BCUT2D eigenvalue weighted by atomic mass is 9.82. The third-order valence-corrected chi connectivity index (χ3v) is 12.7. The van der Waals surface area contributed by atoms with Gasteiger partial charge in [-0.15, -0.1) is 0 Å². The van der Waals surface area contributed by atoms with Crippen molar-refractivity contribution in [1.29, 1.82) is 0 Å². The molecule has 17 heteroatoms. The number of benzene rings is 2. The number of carbonyl (C=O) groups is 7. The number of rotatable bonds is 14. The van der Waals surface area contributed by atoms with E-state index in [0.29, 0.717) is 77.5 Å². The molecule has 15 nitrogen and oxygen atoms in total. The molecule has 59 heavy (non-hydrogen) atoms. The summed E-state index contributed by atoms with van der Waals surface area (Å²) in [4.78, 5) is 90.1. The summed E-state index contributed by atoms with van der Waals surface area (Å²) in [6, 6.07) is 11.7. The van der Waals surface area contributed by atoms with Crippen molar-refractivity contribution in [2.75, 3.05) is 24.8 Å². The third kappa shape index (κ3) is 10.6. The van der Waals surface area contributed by atoms with Crippen molar-refractivity contribution >= 4 is 76.6 Å². The van der Waals surface area contributed by atoms with E-state index in [9.17, 15) is 33.6 Å². The van der Waals surface area contributed by atoms with Crippen LogP contribution < -0.4 is 14.5 Å². The molecule has 2 aromatic carbocycles. The normalized spacial score (nSPS) is 22.4. The summed E-state index contributed by atoms with van der Waals surface area (Å²) in [5, 5.41) is 5.47. The molecular weight excluding hydrogens is 805 g/mol. The minimum atomic E-state index is -0.781. The average Bonchev–Trinajstić information content (AvgIpc) is 3.84. The van der Waals surface area contributed by atoms with Crippen molar-refractivity contribution in [3.8, 4) is 11.5 Å². The quantitative estimate of drug-likeness (QED) is 0.0661. The van der Waals surface area contributed by atoms with E-state index in [1.165, 1.54) is 19.1 Å². The predicted molar refractivity (Wildman–Crippen MR) is 214 cm³/mol. The Balaban J connectivity index is 1.04. The lowest BCUT2D eigenvalue weighted by Crippen LogP contribution is -2.33. The number of esters is 6. The number of fused-ring (bicyclic) bond motifs is 1. The minimum absolute atomic E-state index is 0.00500. The van der Waals surface area contributed by atoms with Gasteiger partial charge in [-0.3, -0.25) is 24.0 Å². The number of amides is 1. The molecule has 0 unspecified atom stereocenters. The van der Waals surface area contributed by atoms with Gasteiger partial charge in [0.1, 0.15) is 17.6 Å². The van der Waals surface area contributed by atoms with Crippen LogP contribution in [0.25, 0.3) is 0 Å². The van der Waals surface area contributed by atoms with E-state index in [2.05, 4.69) is 11.7 Å². The van der Waals surface area contributed by atoms with Gasteiger partial charge >= 0.3 is 35.8 Å². The predicted octanol–water partition coefficient (Wildman–Crippen LogP) is 6.46. The smallest absolute Gasteiger partial charge is 0.359 e. The second-order valence-electron chi connectivity index (χ2n) is 14.1. The summed E-state index contributed by atoms with van der Waals surface area (Å²) in [5.74, 6) is -4.28. The number of thioether (sulfide) groups is 2. The molecule has 2 aliphatic carbocycles. The molecule has 0 spiro atoms. The summed E-state index contributed by atoms with van der Waals surface area (Å²) in [6.45, 7) is 6.55. The second kappa shape index (κ2) is 20.0. The van der Waals surface area contributed by atoms with Crippen LogP contribution >= 0.6 is 23.5 Å². The van der Waals surface area contributed by atoms with Crippen LogP contribution in [-0.4, -0.2) is 73.4 Å². The van der Waals surface area contributed by atoms with Crippen molar-refractivity contribution in [2.24, 2.45) is 22.9 Å². The molecular formula is C42H44N2O13S2. The van der Waals surface area contributed by atoms with Crippen molar-refractivity contribution in [3.63, 3.8) is 0 Å². The molecule has 6 rings (SSSR count). The van der Waals surface area contributed by atoms with Gasteiger partial charge in [-0.25, -0.2) is 9.59 Å². The zero-order valence-corrected chi connectivity index (χ0v) is 34.3. The van der Waals surface area contributed by atoms with Gasteiger partial charge in [0.15, 0.2) is 5.71 Å². The molecule has 1 amide bonds. The Bertz CT molecular complexity index is 2050. The number of ether oxygens (including phenoxy) is 6. The van der Waals surface area contributed by atoms with Crippen LogP contribution in [0.15, 0.2) is 79.8 Å². The fourth-order valence-corrected chi connectivity index (χ4v) is 9.70.